The summed E-state index contributed by atoms with van der Waals surface area (Å²) in [5.74, 6) is 0.271. The predicted molar refractivity (Wildman–Crippen MR) is 99.8 cm³/mol. The summed E-state index contributed by atoms with van der Waals surface area (Å²) in [5, 5.41) is 4.82. The zero-order valence-electron chi connectivity index (χ0n) is 12.9. The number of carbonyl (C=O) groups is 1. The fourth-order valence-corrected chi connectivity index (χ4v) is 5.41. The molecule has 2 heterocycles. The number of nitrogens with one attached hydrogen (secondary N) is 1. The first kappa shape index (κ1) is 16.1. The Morgan fingerprint density at radius 1 is 1.42 bits per heavy atom. The number of amides is 1. The van der Waals surface area contributed by atoms with E-state index >= 15 is 0 Å². The fraction of sp³-hybridized carbons (Fsp3) is 0.353. The maximum Gasteiger partial charge on any atom is 0.234 e. The van der Waals surface area contributed by atoms with Gasteiger partial charge in [0.1, 0.15) is 16.2 Å². The molecule has 1 unspecified atom stereocenters. The number of thioether (sulfide) groups is 1. The molecule has 1 N–H and O–H groups in total. The van der Waals surface area contributed by atoms with E-state index in [4.69, 9.17) is 11.6 Å². The van der Waals surface area contributed by atoms with Crippen molar-refractivity contribution in [3.05, 3.63) is 40.7 Å². The summed E-state index contributed by atoms with van der Waals surface area (Å²) in [5.41, 5.74) is 2.16. The van der Waals surface area contributed by atoms with E-state index in [1.807, 2.05) is 18.2 Å². The maximum absolute atomic E-state index is 12.2. The molecule has 0 saturated heterocycles. The van der Waals surface area contributed by atoms with Crippen LogP contribution in [0.3, 0.4) is 0 Å². The van der Waals surface area contributed by atoms with Crippen molar-refractivity contribution in [2.24, 2.45) is 0 Å². The van der Waals surface area contributed by atoms with Crippen molar-refractivity contribution in [2.45, 2.75) is 36.1 Å². The van der Waals surface area contributed by atoms with Crippen molar-refractivity contribution >= 4 is 50.8 Å². The first-order chi connectivity index (χ1) is 11.7. The molecule has 124 valence electrons. The quantitative estimate of drug-likeness (QED) is 0.499. The van der Waals surface area contributed by atoms with Gasteiger partial charge in [0, 0.05) is 16.0 Å². The molecule has 7 heteroatoms. The number of alkyl halides is 1. The predicted octanol–water partition coefficient (Wildman–Crippen LogP) is 3.84. The van der Waals surface area contributed by atoms with Crippen molar-refractivity contribution in [1.29, 1.82) is 0 Å². The van der Waals surface area contributed by atoms with Gasteiger partial charge in [-0.25, -0.2) is 9.97 Å². The summed E-state index contributed by atoms with van der Waals surface area (Å²) in [6, 6.07) is 0. The number of carbonyl (C=O) groups excluding carboxylic acids is 1. The highest BCUT2D eigenvalue weighted by molar-refractivity contribution is 8.00. The molecule has 2 aliphatic rings. The van der Waals surface area contributed by atoms with Crippen LogP contribution in [0.5, 0.6) is 0 Å². The van der Waals surface area contributed by atoms with Gasteiger partial charge in [-0.15, -0.1) is 22.9 Å². The van der Waals surface area contributed by atoms with Gasteiger partial charge in [0.25, 0.3) is 0 Å². The van der Waals surface area contributed by atoms with E-state index in [1.54, 1.807) is 17.7 Å². The van der Waals surface area contributed by atoms with Crippen LogP contribution >= 0.6 is 34.7 Å². The third-order valence-electron chi connectivity index (χ3n) is 4.18. The van der Waals surface area contributed by atoms with Gasteiger partial charge < -0.3 is 5.32 Å². The maximum atomic E-state index is 12.2. The number of allylic oxidation sites excluding steroid dienone is 4. The Labute approximate surface area is 153 Å². The lowest BCUT2D eigenvalue weighted by molar-refractivity contribution is -0.117. The molecule has 0 bridgehead atoms. The molecule has 0 spiro atoms. The van der Waals surface area contributed by atoms with Crippen LogP contribution in [0.2, 0.25) is 0 Å². The Kier molecular flexibility index (Phi) is 4.61. The smallest absolute Gasteiger partial charge is 0.234 e. The van der Waals surface area contributed by atoms with Crippen LogP contribution in [-0.4, -0.2) is 27.0 Å². The van der Waals surface area contributed by atoms with Crippen molar-refractivity contribution < 1.29 is 4.79 Å². The summed E-state index contributed by atoms with van der Waals surface area (Å²) < 4.78 is 0. The average molecular weight is 378 g/mol. The van der Waals surface area contributed by atoms with Crippen molar-refractivity contribution in [3.8, 4) is 0 Å². The minimum atomic E-state index is -0.158. The minimum absolute atomic E-state index is 0.0502. The molecular formula is C17H16ClN3OS2. The standard InChI is InChI=1S/C17H16ClN3OS2/c18-11-5-1-2-6-12(11)21-14(22)8-23-16-15-10-4-3-7-13(10)24-17(15)20-9-19-16/h1-2,6,9,11H,3-5,7-8H2,(H,21,22). The number of hydrogen-bond acceptors (Lipinski definition) is 5. The minimum Gasteiger partial charge on any atom is -0.328 e. The molecule has 0 fully saturated rings. The molecule has 4 rings (SSSR count). The average Bonchev–Trinajstić information content (AvgIpc) is 3.16. The normalized spacial score (nSPS) is 19.4. The third kappa shape index (κ3) is 3.10. The van der Waals surface area contributed by atoms with Crippen molar-refractivity contribution in [3.63, 3.8) is 0 Å². The Morgan fingerprint density at radius 3 is 3.21 bits per heavy atom. The molecule has 2 aromatic rings. The highest BCUT2D eigenvalue weighted by atomic mass is 35.5. The first-order valence-corrected chi connectivity index (χ1v) is 10.1. The van der Waals surface area contributed by atoms with Crippen LogP contribution in [0.15, 0.2) is 35.3 Å². The monoisotopic (exact) mass is 377 g/mol. The summed E-state index contributed by atoms with van der Waals surface area (Å²) >= 11 is 9.45. The molecule has 1 amide bonds. The number of fused-ring (bicyclic) bond motifs is 3. The SMILES string of the molecule is O=C(CSc1ncnc2sc3c(c12)CCC3)NC1=CC=CCC1Cl. The number of nitrogens with zero attached hydrogens (tertiary/aromatic N) is 2. The Bertz CT molecular complexity index is 859. The molecule has 0 saturated carbocycles. The van der Waals surface area contributed by atoms with E-state index in [2.05, 4.69) is 15.3 Å². The lowest BCUT2D eigenvalue weighted by atomic mass is 10.1. The lowest BCUT2D eigenvalue weighted by Crippen LogP contribution is -2.29. The van der Waals surface area contributed by atoms with E-state index in [0.29, 0.717) is 5.75 Å². The summed E-state index contributed by atoms with van der Waals surface area (Å²) in [6.45, 7) is 0. The fourth-order valence-electron chi connectivity index (χ4n) is 3.06. The molecule has 0 aromatic carbocycles. The Hall–Kier alpha value is -1.37. The molecule has 4 nitrogen and oxygen atoms in total. The van der Waals surface area contributed by atoms with Crippen LogP contribution in [0.25, 0.3) is 10.2 Å². The van der Waals surface area contributed by atoms with E-state index in [0.717, 1.165) is 40.2 Å². The van der Waals surface area contributed by atoms with Crippen molar-refractivity contribution in [1.82, 2.24) is 15.3 Å². The molecule has 2 aromatic heterocycles. The van der Waals surface area contributed by atoms with Gasteiger partial charge in [0.2, 0.25) is 5.91 Å². The van der Waals surface area contributed by atoms with Gasteiger partial charge in [-0.2, -0.15) is 0 Å². The molecular weight excluding hydrogens is 362 g/mol. The largest absolute Gasteiger partial charge is 0.328 e. The number of hydrogen-bond donors (Lipinski definition) is 1. The van der Waals surface area contributed by atoms with Crippen LogP contribution in [0.1, 0.15) is 23.3 Å². The van der Waals surface area contributed by atoms with Crippen LogP contribution < -0.4 is 5.32 Å². The number of aromatic nitrogens is 2. The van der Waals surface area contributed by atoms with Crippen molar-refractivity contribution in [2.75, 3.05) is 5.75 Å². The highest BCUT2D eigenvalue weighted by Gasteiger charge is 2.22. The topological polar surface area (TPSA) is 54.9 Å². The Morgan fingerprint density at radius 2 is 2.33 bits per heavy atom. The second kappa shape index (κ2) is 6.86. The van der Waals surface area contributed by atoms with E-state index in [9.17, 15) is 4.79 Å². The highest BCUT2D eigenvalue weighted by Crippen LogP contribution is 2.39. The molecule has 0 aliphatic heterocycles. The van der Waals surface area contributed by atoms with Gasteiger partial charge >= 0.3 is 0 Å². The van der Waals surface area contributed by atoms with Crippen LogP contribution in [0.4, 0.5) is 0 Å². The van der Waals surface area contributed by atoms with Gasteiger partial charge in [-0.3, -0.25) is 4.79 Å². The second-order valence-corrected chi connectivity index (χ2v) is 8.38. The zero-order chi connectivity index (χ0) is 16.5. The van der Waals surface area contributed by atoms with Gasteiger partial charge in [0.05, 0.1) is 11.1 Å². The Balaban J connectivity index is 1.48. The van der Waals surface area contributed by atoms with Gasteiger partial charge in [0.15, 0.2) is 0 Å². The molecule has 24 heavy (non-hydrogen) atoms. The molecule has 0 radical (unpaired) electrons. The number of thiophene rings is 1. The number of aryl methyl sites for hydroxylation is 2. The second-order valence-electron chi connectivity index (χ2n) is 5.81. The van der Waals surface area contributed by atoms with Crippen LogP contribution in [0, 0.1) is 0 Å². The molecule has 2 aliphatic carbocycles. The number of rotatable bonds is 4. The van der Waals surface area contributed by atoms with Crippen LogP contribution in [-0.2, 0) is 17.6 Å². The van der Waals surface area contributed by atoms with Gasteiger partial charge in [-0.1, -0.05) is 23.9 Å². The summed E-state index contributed by atoms with van der Waals surface area (Å²) in [6.07, 6.45) is 11.6. The summed E-state index contributed by atoms with van der Waals surface area (Å²) in [4.78, 5) is 23.5. The zero-order valence-corrected chi connectivity index (χ0v) is 15.3. The van der Waals surface area contributed by atoms with E-state index in [-0.39, 0.29) is 11.3 Å². The first-order valence-electron chi connectivity index (χ1n) is 7.91. The lowest BCUT2D eigenvalue weighted by Gasteiger charge is -2.16. The summed E-state index contributed by atoms with van der Waals surface area (Å²) in [7, 11) is 0. The molecule has 1 atom stereocenters. The third-order valence-corrected chi connectivity index (χ3v) is 6.79. The van der Waals surface area contributed by atoms with E-state index < -0.39 is 0 Å². The van der Waals surface area contributed by atoms with Gasteiger partial charge in [-0.05, 0) is 37.3 Å². The number of halogens is 1. The van der Waals surface area contributed by atoms with E-state index in [1.165, 1.54) is 28.6 Å².